The van der Waals surface area contributed by atoms with Gasteiger partial charge in [-0.2, -0.15) is 5.10 Å². The lowest BCUT2D eigenvalue weighted by atomic mass is 10.0. The van der Waals surface area contributed by atoms with Gasteiger partial charge in [0.05, 0.1) is 23.0 Å². The molecule has 3 heterocycles. The summed E-state index contributed by atoms with van der Waals surface area (Å²) in [7, 11) is 1.75. The minimum Gasteiger partial charge on any atom is -0.337 e. The molecule has 0 atom stereocenters. The summed E-state index contributed by atoms with van der Waals surface area (Å²) in [6.45, 7) is 4.50. The van der Waals surface area contributed by atoms with Crippen molar-refractivity contribution in [2.45, 2.75) is 26.4 Å². The Morgan fingerprint density at radius 1 is 1.17 bits per heavy atom. The van der Waals surface area contributed by atoms with Gasteiger partial charge in [-0.1, -0.05) is 0 Å². The molecule has 1 aromatic carbocycles. The van der Waals surface area contributed by atoms with Crippen LogP contribution >= 0.6 is 0 Å². The highest BCUT2D eigenvalue weighted by Gasteiger charge is 2.19. The first kappa shape index (κ1) is 19.7. The van der Waals surface area contributed by atoms with Crippen LogP contribution in [0.4, 0.5) is 4.39 Å². The van der Waals surface area contributed by atoms with Crippen LogP contribution in [0.25, 0.3) is 22.2 Å². The number of hydrogen-bond acceptors (Lipinski definition) is 4. The van der Waals surface area contributed by atoms with Crippen molar-refractivity contribution in [3.63, 3.8) is 0 Å². The van der Waals surface area contributed by atoms with Gasteiger partial charge < -0.3 is 4.90 Å². The van der Waals surface area contributed by atoms with E-state index < -0.39 is 5.82 Å². The van der Waals surface area contributed by atoms with Crippen LogP contribution in [-0.2, 0) is 6.54 Å². The number of hydrogen-bond donors (Lipinski definition) is 0. The average molecular weight is 403 g/mol. The van der Waals surface area contributed by atoms with Gasteiger partial charge in [-0.15, -0.1) is 0 Å². The Kier molecular flexibility index (Phi) is 5.27. The molecule has 4 aromatic rings. The van der Waals surface area contributed by atoms with Gasteiger partial charge in [0.2, 0.25) is 0 Å². The number of carbonyl (C=O) groups is 1. The van der Waals surface area contributed by atoms with E-state index >= 15 is 0 Å². The van der Waals surface area contributed by atoms with E-state index in [1.165, 1.54) is 12.1 Å². The van der Waals surface area contributed by atoms with Crippen molar-refractivity contribution in [2.24, 2.45) is 0 Å². The third kappa shape index (κ3) is 3.91. The van der Waals surface area contributed by atoms with E-state index in [0.717, 1.165) is 11.1 Å². The van der Waals surface area contributed by atoms with Crippen molar-refractivity contribution in [1.29, 1.82) is 0 Å². The van der Waals surface area contributed by atoms with E-state index in [9.17, 15) is 9.18 Å². The predicted octanol–water partition coefficient (Wildman–Crippen LogP) is 4.49. The first-order chi connectivity index (χ1) is 14.4. The molecule has 0 aliphatic rings. The number of rotatable bonds is 5. The number of halogens is 1. The molecule has 0 aliphatic carbocycles. The number of nitrogens with zero attached hydrogens (tertiary/aromatic N) is 5. The monoisotopic (exact) mass is 403 g/mol. The Hall–Kier alpha value is -3.61. The highest BCUT2D eigenvalue weighted by Crippen LogP contribution is 2.27. The molecule has 0 aliphatic heterocycles. The second-order valence-electron chi connectivity index (χ2n) is 7.54. The van der Waals surface area contributed by atoms with E-state index in [4.69, 9.17) is 0 Å². The van der Waals surface area contributed by atoms with E-state index in [0.29, 0.717) is 28.7 Å². The van der Waals surface area contributed by atoms with Crippen LogP contribution < -0.4 is 0 Å². The number of fused-ring (bicyclic) bond motifs is 1. The molecule has 0 saturated carbocycles. The summed E-state index contributed by atoms with van der Waals surface area (Å²) >= 11 is 0. The summed E-state index contributed by atoms with van der Waals surface area (Å²) in [6, 6.07) is 10.0. The lowest BCUT2D eigenvalue weighted by Gasteiger charge is -2.19. The maximum absolute atomic E-state index is 13.9. The first-order valence-electron chi connectivity index (χ1n) is 9.71. The zero-order chi connectivity index (χ0) is 21.3. The largest absolute Gasteiger partial charge is 0.337 e. The summed E-state index contributed by atoms with van der Waals surface area (Å²) in [4.78, 5) is 23.5. The molecule has 7 heteroatoms. The fourth-order valence-electron chi connectivity index (χ4n) is 3.32. The third-order valence-corrected chi connectivity index (χ3v) is 4.94. The molecule has 0 fully saturated rings. The highest BCUT2D eigenvalue weighted by molar-refractivity contribution is 6.07. The SMILES string of the molecule is CC(C)n1cc(-c2cc(C(=O)N(C)Cc3ccncc3)c3ccc(F)cc3n2)cn1. The van der Waals surface area contributed by atoms with E-state index in [2.05, 4.69) is 15.1 Å². The third-order valence-electron chi connectivity index (χ3n) is 4.94. The van der Waals surface area contributed by atoms with E-state index in [1.807, 2.05) is 36.9 Å². The number of aromatic nitrogens is 4. The molecule has 0 saturated heterocycles. The second-order valence-corrected chi connectivity index (χ2v) is 7.54. The molecule has 4 rings (SSSR count). The summed E-state index contributed by atoms with van der Waals surface area (Å²) < 4.78 is 15.7. The fraction of sp³-hybridized carbons (Fsp3) is 0.217. The van der Waals surface area contributed by atoms with Gasteiger partial charge in [0.1, 0.15) is 5.82 Å². The standard InChI is InChI=1S/C23H22FN5O/c1-15(2)29-14-17(12-26-29)21-11-20(19-5-4-18(24)10-22(19)27-21)23(30)28(3)13-16-6-8-25-9-7-16/h4-12,14-15H,13H2,1-3H3. The zero-order valence-electron chi connectivity index (χ0n) is 17.1. The van der Waals surface area contributed by atoms with Crippen molar-refractivity contribution in [3.8, 4) is 11.3 Å². The van der Waals surface area contributed by atoms with Crippen LogP contribution in [0.2, 0.25) is 0 Å². The van der Waals surface area contributed by atoms with Gasteiger partial charge in [0.25, 0.3) is 5.91 Å². The van der Waals surface area contributed by atoms with Gasteiger partial charge in [0, 0.05) is 55.2 Å². The maximum atomic E-state index is 13.9. The molecule has 30 heavy (non-hydrogen) atoms. The van der Waals surface area contributed by atoms with E-state index in [-0.39, 0.29) is 11.9 Å². The predicted molar refractivity (Wildman–Crippen MR) is 113 cm³/mol. The molecule has 0 unspecified atom stereocenters. The quantitative estimate of drug-likeness (QED) is 0.493. The average Bonchev–Trinajstić information content (AvgIpc) is 3.23. The van der Waals surface area contributed by atoms with Crippen molar-refractivity contribution in [1.82, 2.24) is 24.6 Å². The van der Waals surface area contributed by atoms with Crippen LogP contribution in [0.3, 0.4) is 0 Å². The van der Waals surface area contributed by atoms with Crippen LogP contribution in [0, 0.1) is 5.82 Å². The van der Waals surface area contributed by atoms with Crippen LogP contribution in [0.5, 0.6) is 0 Å². The second kappa shape index (κ2) is 8.02. The number of benzene rings is 1. The zero-order valence-corrected chi connectivity index (χ0v) is 17.1. The Balaban J connectivity index is 1.78. The topological polar surface area (TPSA) is 63.9 Å². The highest BCUT2D eigenvalue weighted by atomic mass is 19.1. The summed E-state index contributed by atoms with van der Waals surface area (Å²) in [6.07, 6.45) is 6.99. The van der Waals surface area contributed by atoms with Crippen LogP contribution in [-0.4, -0.2) is 37.6 Å². The lowest BCUT2D eigenvalue weighted by molar-refractivity contribution is 0.0787. The van der Waals surface area contributed by atoms with Crippen LogP contribution in [0.15, 0.2) is 61.2 Å². The minimum atomic E-state index is -0.395. The van der Waals surface area contributed by atoms with Gasteiger partial charge in [-0.25, -0.2) is 9.37 Å². The molecular formula is C23H22FN5O. The molecular weight excluding hydrogens is 381 g/mol. The van der Waals surface area contributed by atoms with Gasteiger partial charge in [-0.05, 0) is 49.7 Å². The Bertz CT molecular complexity index is 1200. The molecule has 6 nitrogen and oxygen atoms in total. The molecule has 0 spiro atoms. The molecule has 3 aromatic heterocycles. The maximum Gasteiger partial charge on any atom is 0.254 e. The normalized spacial score (nSPS) is 11.2. The molecule has 0 bridgehead atoms. The number of pyridine rings is 2. The Morgan fingerprint density at radius 3 is 2.63 bits per heavy atom. The molecule has 152 valence electrons. The van der Waals surface area contributed by atoms with Crippen molar-refractivity contribution >= 4 is 16.8 Å². The Labute approximate surface area is 174 Å². The van der Waals surface area contributed by atoms with Crippen molar-refractivity contribution in [3.05, 3.63) is 78.1 Å². The van der Waals surface area contributed by atoms with Crippen molar-refractivity contribution in [2.75, 3.05) is 7.05 Å². The van der Waals surface area contributed by atoms with Gasteiger partial charge in [-0.3, -0.25) is 14.5 Å². The lowest BCUT2D eigenvalue weighted by Crippen LogP contribution is -2.26. The minimum absolute atomic E-state index is 0.164. The van der Waals surface area contributed by atoms with Gasteiger partial charge in [0.15, 0.2) is 0 Å². The summed E-state index contributed by atoms with van der Waals surface area (Å²) in [5.74, 6) is -0.558. The molecule has 1 amide bonds. The first-order valence-corrected chi connectivity index (χ1v) is 9.71. The van der Waals surface area contributed by atoms with Crippen LogP contribution in [0.1, 0.15) is 35.8 Å². The van der Waals surface area contributed by atoms with E-state index in [1.54, 1.807) is 42.7 Å². The summed E-state index contributed by atoms with van der Waals surface area (Å²) in [5, 5.41) is 4.97. The van der Waals surface area contributed by atoms with Gasteiger partial charge >= 0.3 is 0 Å². The number of amides is 1. The molecule has 0 N–H and O–H groups in total. The smallest absolute Gasteiger partial charge is 0.254 e. The molecule has 0 radical (unpaired) electrons. The summed E-state index contributed by atoms with van der Waals surface area (Å²) in [5.41, 5.74) is 3.25. The fourth-order valence-corrected chi connectivity index (χ4v) is 3.32. The Morgan fingerprint density at radius 2 is 1.93 bits per heavy atom. The van der Waals surface area contributed by atoms with Crippen molar-refractivity contribution < 1.29 is 9.18 Å². The number of carbonyl (C=O) groups excluding carboxylic acids is 1.